The summed E-state index contributed by atoms with van der Waals surface area (Å²) in [6, 6.07) is 10.2. The first-order valence-corrected chi connectivity index (χ1v) is 8.73. The predicted molar refractivity (Wildman–Crippen MR) is 87.9 cm³/mol. The average molecular weight is 358 g/mol. The molecule has 0 N–H and O–H groups in total. The number of halogens is 2. The van der Waals surface area contributed by atoms with Gasteiger partial charge in [0.15, 0.2) is 0 Å². The van der Waals surface area contributed by atoms with E-state index in [-0.39, 0.29) is 23.9 Å². The second-order valence-electron chi connectivity index (χ2n) is 5.04. The molecule has 4 nitrogen and oxygen atoms in total. The Morgan fingerprint density at radius 1 is 1.17 bits per heavy atom. The van der Waals surface area contributed by atoms with E-state index in [4.69, 9.17) is 16.3 Å². The molecule has 0 saturated carbocycles. The van der Waals surface area contributed by atoms with Gasteiger partial charge in [0.05, 0.1) is 4.90 Å². The minimum absolute atomic E-state index is 0.161. The molecule has 7 heteroatoms. The molecule has 2 rings (SSSR count). The highest BCUT2D eigenvalue weighted by Crippen LogP contribution is 2.22. The van der Waals surface area contributed by atoms with Crippen molar-refractivity contribution in [2.45, 2.75) is 11.8 Å². The summed E-state index contributed by atoms with van der Waals surface area (Å²) in [7, 11) is -2.13. The van der Waals surface area contributed by atoms with Crippen molar-refractivity contribution in [3.8, 4) is 5.75 Å². The number of nitrogens with zero attached hydrogens (tertiary/aromatic N) is 1. The molecule has 23 heavy (non-hydrogen) atoms. The number of hydrogen-bond donors (Lipinski definition) is 0. The Morgan fingerprint density at radius 2 is 1.83 bits per heavy atom. The van der Waals surface area contributed by atoms with Gasteiger partial charge < -0.3 is 4.74 Å². The van der Waals surface area contributed by atoms with E-state index in [1.807, 2.05) is 0 Å². The Hall–Kier alpha value is -1.63. The molecule has 0 aromatic heterocycles. The molecule has 0 aliphatic rings. The van der Waals surface area contributed by atoms with E-state index < -0.39 is 10.0 Å². The predicted octanol–water partition coefficient (Wildman–Crippen LogP) is 3.49. The summed E-state index contributed by atoms with van der Waals surface area (Å²) >= 11 is 5.85. The molecule has 0 bridgehead atoms. The van der Waals surface area contributed by atoms with Gasteiger partial charge in [0.1, 0.15) is 18.2 Å². The van der Waals surface area contributed by atoms with Crippen LogP contribution in [-0.4, -0.2) is 32.9 Å². The Balaban J connectivity index is 2.01. The Labute approximate surface area is 140 Å². The number of ether oxygens (including phenoxy) is 1. The molecule has 2 aromatic rings. The summed E-state index contributed by atoms with van der Waals surface area (Å²) in [5.74, 6) is 0.134. The topological polar surface area (TPSA) is 46.6 Å². The third kappa shape index (κ3) is 4.43. The molecule has 0 unspecified atom stereocenters. The molecule has 0 aliphatic carbocycles. The maximum Gasteiger partial charge on any atom is 0.243 e. The van der Waals surface area contributed by atoms with Gasteiger partial charge in [-0.15, -0.1) is 0 Å². The van der Waals surface area contributed by atoms with Gasteiger partial charge in [-0.2, -0.15) is 4.31 Å². The summed E-state index contributed by atoms with van der Waals surface area (Å²) < 4.78 is 44.5. The molecule has 2 aromatic carbocycles. The summed E-state index contributed by atoms with van der Waals surface area (Å²) in [5, 5.41) is 0.490. The van der Waals surface area contributed by atoms with Crippen LogP contribution in [-0.2, 0) is 10.0 Å². The Kier molecular flexibility index (Phi) is 5.62. The molecule has 0 aliphatic heterocycles. The van der Waals surface area contributed by atoms with Crippen molar-refractivity contribution in [1.82, 2.24) is 4.31 Å². The molecule has 124 valence electrons. The van der Waals surface area contributed by atoms with E-state index in [0.717, 1.165) is 0 Å². The lowest BCUT2D eigenvalue weighted by Crippen LogP contribution is -2.31. The molecular weight excluding hydrogens is 341 g/mol. The standard InChI is InChI=1S/C16H17ClFNO3S/c1-12-11-13(17)3-8-16(12)23(20,21)19(2)9-10-22-15-6-4-14(18)5-7-15/h3-8,11H,9-10H2,1-2H3. The van der Waals surface area contributed by atoms with Gasteiger partial charge in [-0.25, -0.2) is 12.8 Å². The smallest absolute Gasteiger partial charge is 0.243 e. The van der Waals surface area contributed by atoms with E-state index in [0.29, 0.717) is 16.3 Å². The van der Waals surface area contributed by atoms with Crippen LogP contribution in [0.3, 0.4) is 0 Å². The number of sulfonamides is 1. The van der Waals surface area contributed by atoms with E-state index in [9.17, 15) is 12.8 Å². The molecule has 0 saturated heterocycles. The van der Waals surface area contributed by atoms with Crippen molar-refractivity contribution < 1.29 is 17.5 Å². The number of aryl methyl sites for hydroxylation is 1. The zero-order valence-corrected chi connectivity index (χ0v) is 14.4. The zero-order valence-electron chi connectivity index (χ0n) is 12.8. The highest BCUT2D eigenvalue weighted by molar-refractivity contribution is 7.89. The van der Waals surface area contributed by atoms with Crippen LogP contribution in [0.1, 0.15) is 5.56 Å². The first-order valence-electron chi connectivity index (χ1n) is 6.91. The van der Waals surface area contributed by atoms with E-state index in [1.54, 1.807) is 19.1 Å². The maximum atomic E-state index is 12.8. The monoisotopic (exact) mass is 357 g/mol. The molecule has 0 radical (unpaired) electrons. The van der Waals surface area contributed by atoms with Crippen LogP contribution in [0.2, 0.25) is 5.02 Å². The van der Waals surface area contributed by atoms with Crippen LogP contribution in [0.15, 0.2) is 47.4 Å². The minimum atomic E-state index is -3.61. The normalized spacial score (nSPS) is 11.7. The van der Waals surface area contributed by atoms with Gasteiger partial charge in [0, 0.05) is 18.6 Å². The zero-order chi connectivity index (χ0) is 17.0. The molecular formula is C16H17ClFNO3S. The number of benzene rings is 2. The van der Waals surface area contributed by atoms with Crippen LogP contribution in [0.5, 0.6) is 5.75 Å². The summed E-state index contributed by atoms with van der Waals surface area (Å²) in [6.07, 6.45) is 0. The first-order chi connectivity index (χ1) is 10.8. The highest BCUT2D eigenvalue weighted by Gasteiger charge is 2.22. The molecule has 0 heterocycles. The van der Waals surface area contributed by atoms with Crippen molar-refractivity contribution in [2.75, 3.05) is 20.2 Å². The van der Waals surface area contributed by atoms with Gasteiger partial charge in [-0.3, -0.25) is 0 Å². The third-order valence-corrected chi connectivity index (χ3v) is 5.57. The van der Waals surface area contributed by atoms with Gasteiger partial charge >= 0.3 is 0 Å². The van der Waals surface area contributed by atoms with Crippen molar-refractivity contribution in [1.29, 1.82) is 0 Å². The second kappa shape index (κ2) is 7.29. The van der Waals surface area contributed by atoms with Crippen molar-refractivity contribution in [3.05, 3.63) is 58.9 Å². The summed E-state index contributed by atoms with van der Waals surface area (Å²) in [6.45, 7) is 2.03. The molecule has 0 amide bonds. The van der Waals surface area contributed by atoms with Crippen molar-refractivity contribution in [2.24, 2.45) is 0 Å². The highest BCUT2D eigenvalue weighted by atomic mass is 35.5. The average Bonchev–Trinajstić information content (AvgIpc) is 2.48. The van der Waals surface area contributed by atoms with Gasteiger partial charge in [-0.05, 0) is 55.0 Å². The SMILES string of the molecule is Cc1cc(Cl)ccc1S(=O)(=O)N(C)CCOc1ccc(F)cc1. The summed E-state index contributed by atoms with van der Waals surface area (Å²) in [5.41, 5.74) is 0.587. The molecule has 0 atom stereocenters. The minimum Gasteiger partial charge on any atom is -0.492 e. The molecule has 0 fully saturated rings. The van der Waals surface area contributed by atoms with Gasteiger partial charge in [0.2, 0.25) is 10.0 Å². The second-order valence-corrected chi connectivity index (χ2v) is 7.49. The van der Waals surface area contributed by atoms with Crippen LogP contribution >= 0.6 is 11.6 Å². The van der Waals surface area contributed by atoms with E-state index in [1.165, 1.54) is 41.7 Å². The third-order valence-electron chi connectivity index (χ3n) is 3.31. The van der Waals surface area contributed by atoms with Crippen LogP contribution in [0.4, 0.5) is 4.39 Å². The Bertz CT molecular complexity index is 778. The molecule has 0 spiro atoms. The number of likely N-dealkylation sites (N-methyl/N-ethyl adjacent to an activating group) is 1. The van der Waals surface area contributed by atoms with Crippen LogP contribution in [0.25, 0.3) is 0 Å². The lowest BCUT2D eigenvalue weighted by atomic mass is 10.2. The quantitative estimate of drug-likeness (QED) is 0.795. The number of hydrogen-bond acceptors (Lipinski definition) is 3. The fourth-order valence-electron chi connectivity index (χ4n) is 2.01. The fraction of sp³-hybridized carbons (Fsp3) is 0.250. The largest absolute Gasteiger partial charge is 0.492 e. The van der Waals surface area contributed by atoms with E-state index >= 15 is 0 Å². The van der Waals surface area contributed by atoms with Crippen LogP contribution in [0, 0.1) is 12.7 Å². The maximum absolute atomic E-state index is 12.8. The Morgan fingerprint density at radius 3 is 2.43 bits per heavy atom. The van der Waals surface area contributed by atoms with Crippen molar-refractivity contribution >= 4 is 21.6 Å². The van der Waals surface area contributed by atoms with Gasteiger partial charge in [-0.1, -0.05) is 11.6 Å². The van der Waals surface area contributed by atoms with Crippen molar-refractivity contribution in [3.63, 3.8) is 0 Å². The number of rotatable bonds is 6. The lowest BCUT2D eigenvalue weighted by Gasteiger charge is -2.19. The van der Waals surface area contributed by atoms with Gasteiger partial charge in [0.25, 0.3) is 0 Å². The van der Waals surface area contributed by atoms with E-state index in [2.05, 4.69) is 0 Å². The fourth-order valence-corrected chi connectivity index (χ4v) is 3.60. The summed E-state index contributed by atoms with van der Waals surface area (Å²) in [4.78, 5) is 0.214. The first kappa shape index (κ1) is 17.7. The lowest BCUT2D eigenvalue weighted by molar-refractivity contribution is 0.286. The van der Waals surface area contributed by atoms with Crippen LogP contribution < -0.4 is 4.74 Å².